The second-order valence-corrected chi connectivity index (χ2v) is 46.8. The topological polar surface area (TPSA) is 421 Å². The SMILES string of the molecule is CC[C@@H](C)Nc1cc(C)c(-c2sc(C(=O)N(C)C(C)(C)CO)nc2C(=O)N2C3CCC2CC3)cn1.Cc1cc(NC(C)C)ncc1-c1sc(C(=O)N[C@H](C)C(C)(C)O)nc1C(=O)N1C2CCC1CC2.Cc1cc(N[C@H](C)C2CC2)ncc1-c1sc(C(=O)N[C@H]2CCC[C@@H]2O)nc1C(=O)N1C2CCC1CC2.Cc1cc(N[C@H](C)C2CC2)ncc1-c1sc(C(=O)N[C@H]2CC[C@@H]2O)nc1C(=O)N1C2CCC1CC2. The van der Waals surface area contributed by atoms with Crippen LogP contribution in [0.25, 0.3) is 41.8 Å². The van der Waals surface area contributed by atoms with Crippen LogP contribution in [0, 0.1) is 39.5 Å². The standard InChI is InChI=1S/C27H35N5O3S.C26H33N5O3S.C26H37N5O3S.C25H35N5O3S/c1-14-12-22(29-15(2)16-6-7-16)28-13-19(14)24-23(27(35)32-17-8-9-18(32)11-10-17)31-26(36-24)25(34)30-20-4-3-5-21(20)33;1-13-11-21(28-14(2)15-3-4-15)27-12-18(13)23-22(26(34)31-16-5-6-17(31)8-7-16)30-25(35-23)24(33)29-19-9-10-20(19)32;1-7-16(3)28-20-12-15(2)19(13-27-20)22-21(24(33)31-17-8-9-18(31)11-10-17)29-23(35-22)25(34)30(6)26(4,5)14-32;1-13(2)27-19-11-14(3)18(12-26-19)21-20(24(32)30-16-7-8-17(30)10-9-16)29-23(34-21)22(31)28-15(4)25(5,6)33/h12-13,15-18,20-21,33H,3-11H2,1-2H3,(H,28,29)(H,30,34);11-12,14-17,19-20,32H,3-10H2,1-2H3,(H,27,28)(H,29,33);12-13,16-18,32H,7-11,14H2,1-6H3,(H,27,28);11-13,15-17,33H,7-10H2,1-6H3,(H,26,27)(H,28,31)/t15-,17?,18?,20+,21+;14-,16?,17?,19+,20+;16-,17?,18?;15-,16?,17?/m1111/s1. The molecule has 11 N–H and O–H groups in total. The van der Waals surface area contributed by atoms with E-state index < -0.39 is 35.3 Å². The molecule has 752 valence electrons. The minimum absolute atomic E-state index is 0.0739. The number of likely N-dealkylation sites (N-methyl/N-ethyl adjacent to an activating group) is 1. The fraction of sp³-hybridized carbons (Fsp3) is 0.615. The van der Waals surface area contributed by atoms with E-state index >= 15 is 0 Å². The van der Waals surface area contributed by atoms with E-state index in [1.807, 2.05) is 77.8 Å². The molecular formula is C104H140N20O12S4. The van der Waals surface area contributed by atoms with Gasteiger partial charge in [0.25, 0.3) is 47.3 Å². The van der Waals surface area contributed by atoms with Crippen LogP contribution in [0.2, 0.25) is 0 Å². The number of aryl methyl sites for hydroxylation is 4. The smallest absolute Gasteiger partial charge is 0.283 e. The Hall–Kier alpha value is -10.1. The van der Waals surface area contributed by atoms with E-state index in [4.69, 9.17) is 0 Å². The Kier molecular flexibility index (Phi) is 30.5. The van der Waals surface area contributed by atoms with Crippen molar-refractivity contribution in [1.29, 1.82) is 0 Å². The summed E-state index contributed by atoms with van der Waals surface area (Å²) in [5.41, 5.74) is 6.74. The number of amides is 8. The van der Waals surface area contributed by atoms with Crippen molar-refractivity contribution >= 4 is 116 Å². The number of pyridine rings is 4. The Balaban J connectivity index is 0.000000129. The first-order valence-corrected chi connectivity index (χ1v) is 54.2. The summed E-state index contributed by atoms with van der Waals surface area (Å²) in [5.74, 6) is 2.96. The molecule has 0 aromatic carbocycles. The second-order valence-electron chi connectivity index (χ2n) is 42.8. The average molecular weight is 1990 g/mol. The maximum absolute atomic E-state index is 13.8. The van der Waals surface area contributed by atoms with E-state index in [1.165, 1.54) is 75.9 Å². The molecule has 8 bridgehead atoms. The molecule has 20 rings (SSSR count). The quantitative estimate of drug-likeness (QED) is 0.0207. The fourth-order valence-electron chi connectivity index (χ4n) is 21.7. The number of thiazole rings is 4. The Morgan fingerprint density at radius 2 is 0.714 bits per heavy atom. The van der Waals surface area contributed by atoms with Crippen LogP contribution in [0.15, 0.2) is 49.1 Å². The first-order chi connectivity index (χ1) is 66.8. The Labute approximate surface area is 836 Å². The van der Waals surface area contributed by atoms with Gasteiger partial charge in [-0.05, 0) is 322 Å². The highest BCUT2D eigenvalue weighted by Crippen LogP contribution is 2.49. The monoisotopic (exact) mass is 1990 g/mol. The zero-order chi connectivity index (χ0) is 99.5. The number of aliphatic hydroxyl groups is 4. The van der Waals surface area contributed by atoms with Gasteiger partial charge in [-0.1, -0.05) is 6.92 Å². The van der Waals surface area contributed by atoms with E-state index in [-0.39, 0.29) is 134 Å². The molecule has 0 radical (unpaired) electrons. The van der Waals surface area contributed by atoms with Gasteiger partial charge in [0.15, 0.2) is 20.0 Å². The van der Waals surface area contributed by atoms with Crippen molar-refractivity contribution in [1.82, 2.24) is 80.3 Å². The Bertz CT molecular complexity index is 5880. The predicted octanol–water partition coefficient (Wildman–Crippen LogP) is 16.2. The molecule has 8 atom stereocenters. The number of fused-ring (bicyclic) bond motifs is 8. The highest BCUT2D eigenvalue weighted by Gasteiger charge is 2.50. The van der Waals surface area contributed by atoms with Gasteiger partial charge in [-0.3, -0.25) is 38.4 Å². The molecule has 32 nitrogen and oxygen atoms in total. The van der Waals surface area contributed by atoms with Gasteiger partial charge in [-0.15, -0.1) is 45.3 Å². The number of aliphatic hydroxyl groups excluding tert-OH is 3. The van der Waals surface area contributed by atoms with E-state index in [0.717, 1.165) is 196 Å². The number of hydrogen-bond acceptors (Lipinski definition) is 28. The van der Waals surface area contributed by atoms with Crippen LogP contribution >= 0.6 is 45.3 Å². The van der Waals surface area contributed by atoms with Gasteiger partial charge in [0, 0.05) is 127 Å². The van der Waals surface area contributed by atoms with Crippen LogP contribution in [0.3, 0.4) is 0 Å². The molecule has 8 saturated heterocycles. The molecule has 4 aliphatic carbocycles. The lowest BCUT2D eigenvalue weighted by atomic mass is 9.89. The molecule has 0 unspecified atom stereocenters. The molecule has 8 aliphatic heterocycles. The third kappa shape index (κ3) is 21.7. The summed E-state index contributed by atoms with van der Waals surface area (Å²) in [4.78, 5) is 157. The van der Waals surface area contributed by atoms with Crippen molar-refractivity contribution in [2.75, 3.05) is 34.9 Å². The van der Waals surface area contributed by atoms with Crippen molar-refractivity contribution in [2.45, 2.75) is 385 Å². The number of nitrogens with zero attached hydrogens (tertiary/aromatic N) is 13. The zero-order valence-corrected chi connectivity index (χ0v) is 86.9. The Morgan fingerprint density at radius 1 is 0.414 bits per heavy atom. The van der Waals surface area contributed by atoms with Gasteiger partial charge < -0.3 is 82.1 Å². The van der Waals surface area contributed by atoms with Crippen LogP contribution in [0.4, 0.5) is 23.3 Å². The highest BCUT2D eigenvalue weighted by atomic mass is 32.1. The summed E-state index contributed by atoms with van der Waals surface area (Å²) >= 11 is 4.93. The van der Waals surface area contributed by atoms with Gasteiger partial charge in [-0.25, -0.2) is 39.9 Å². The van der Waals surface area contributed by atoms with Gasteiger partial charge in [0.2, 0.25) is 0 Å². The largest absolute Gasteiger partial charge is 0.394 e. The first kappa shape index (κ1) is 101. The van der Waals surface area contributed by atoms with Crippen LogP contribution in [-0.4, -0.2) is 260 Å². The van der Waals surface area contributed by atoms with Crippen molar-refractivity contribution < 1.29 is 58.8 Å². The van der Waals surface area contributed by atoms with E-state index in [2.05, 4.69) is 119 Å². The fourth-order valence-corrected chi connectivity index (χ4v) is 25.9. The lowest BCUT2D eigenvalue weighted by Crippen LogP contribution is -2.50. The summed E-state index contributed by atoms with van der Waals surface area (Å²) in [6.07, 6.45) is 32.5. The van der Waals surface area contributed by atoms with E-state index in [0.29, 0.717) is 85.1 Å². The van der Waals surface area contributed by atoms with Crippen molar-refractivity contribution in [3.8, 4) is 41.8 Å². The van der Waals surface area contributed by atoms with E-state index in [1.54, 1.807) is 60.3 Å². The Morgan fingerprint density at radius 3 is 0.986 bits per heavy atom. The molecule has 8 aromatic rings. The van der Waals surface area contributed by atoms with Crippen molar-refractivity contribution in [2.24, 2.45) is 11.8 Å². The van der Waals surface area contributed by atoms with Gasteiger partial charge in [0.1, 0.15) is 46.0 Å². The summed E-state index contributed by atoms with van der Waals surface area (Å²) in [7, 11) is 1.66. The molecule has 36 heteroatoms. The number of aromatic nitrogens is 8. The third-order valence-corrected chi connectivity index (χ3v) is 35.8. The molecule has 12 aliphatic rings. The molecule has 12 fully saturated rings. The van der Waals surface area contributed by atoms with Gasteiger partial charge >= 0.3 is 0 Å². The number of nitrogens with one attached hydrogen (secondary N) is 7. The predicted molar refractivity (Wildman–Crippen MR) is 547 cm³/mol. The maximum Gasteiger partial charge on any atom is 0.283 e. The molecule has 16 heterocycles. The molecule has 4 saturated carbocycles. The average Bonchev–Trinajstić information content (AvgIpc) is 1.62. The molecule has 8 amide bonds. The van der Waals surface area contributed by atoms with Crippen LogP contribution in [0.1, 0.15) is 347 Å². The van der Waals surface area contributed by atoms with Crippen LogP contribution < -0.4 is 37.2 Å². The van der Waals surface area contributed by atoms with Crippen molar-refractivity contribution in [3.05, 3.63) is 114 Å². The minimum Gasteiger partial charge on any atom is -0.394 e. The molecule has 0 spiro atoms. The second kappa shape index (κ2) is 42.1. The summed E-state index contributed by atoms with van der Waals surface area (Å²) in [5, 5.41) is 63.4. The van der Waals surface area contributed by atoms with Crippen LogP contribution in [0.5, 0.6) is 0 Å². The molecular weight excluding hydrogens is 1850 g/mol. The first-order valence-electron chi connectivity index (χ1n) is 51.0. The van der Waals surface area contributed by atoms with Gasteiger partial charge in [0.05, 0.1) is 67.6 Å². The summed E-state index contributed by atoms with van der Waals surface area (Å²) in [6, 6.07) is 10.5. The third-order valence-electron chi connectivity index (χ3n) is 31.5. The molecule has 8 aromatic heterocycles. The molecule has 140 heavy (non-hydrogen) atoms. The minimum atomic E-state index is -1.08. The van der Waals surface area contributed by atoms with Crippen LogP contribution in [-0.2, 0) is 0 Å². The number of carbonyl (C=O) groups is 8. The number of hydrogen-bond donors (Lipinski definition) is 11. The van der Waals surface area contributed by atoms with E-state index in [9.17, 15) is 58.8 Å². The highest BCUT2D eigenvalue weighted by molar-refractivity contribution is 7.18. The maximum atomic E-state index is 13.8. The zero-order valence-electron chi connectivity index (χ0n) is 83.7. The number of anilines is 4. The van der Waals surface area contributed by atoms with Crippen molar-refractivity contribution in [3.63, 3.8) is 0 Å². The number of carbonyl (C=O) groups excluding carboxylic acids is 8. The summed E-state index contributed by atoms with van der Waals surface area (Å²) in [6.45, 7) is 29.2. The van der Waals surface area contributed by atoms with Gasteiger partial charge in [-0.2, -0.15) is 0 Å². The lowest BCUT2D eigenvalue weighted by molar-refractivity contribution is 0.0408. The summed E-state index contributed by atoms with van der Waals surface area (Å²) < 4.78 is 0. The lowest BCUT2D eigenvalue weighted by Gasteiger charge is -2.33. The normalized spacial score (nSPS) is 24.3. The number of rotatable bonds is 29.